The topological polar surface area (TPSA) is 0 Å². The second-order valence-corrected chi connectivity index (χ2v) is 18.3. The molecule has 3 aromatic rings. The van der Waals surface area contributed by atoms with Crippen LogP contribution in [-0.4, -0.2) is 19.8 Å². The van der Waals surface area contributed by atoms with E-state index in [4.69, 9.17) is 0 Å². The van der Waals surface area contributed by atoms with Crippen LogP contribution in [0, 0.1) is 0 Å². The van der Waals surface area contributed by atoms with Crippen LogP contribution < -0.4 is 24.0 Å². The SMILES string of the molecule is CC(C)([CH2][Sn+]([CH2]C(C)(C)c1ccccc1)[CH2]C(C)(C)c1ccccc1)c1ccccc1.[I-]. The third-order valence-electron chi connectivity index (χ3n) is 6.74. The van der Waals surface area contributed by atoms with Gasteiger partial charge < -0.3 is 24.0 Å². The maximum Gasteiger partial charge on any atom is -1.00 e. The van der Waals surface area contributed by atoms with Crippen molar-refractivity contribution in [3.05, 3.63) is 108 Å². The molecule has 0 nitrogen and oxygen atoms in total. The Morgan fingerprint density at radius 1 is 0.438 bits per heavy atom. The Hall–Kier alpha value is -0.811. The average molecular weight is 645 g/mol. The smallest absolute Gasteiger partial charge is 1.00 e. The van der Waals surface area contributed by atoms with E-state index in [0.717, 1.165) is 0 Å². The molecule has 170 valence electrons. The van der Waals surface area contributed by atoms with Gasteiger partial charge in [0.1, 0.15) is 0 Å². The third kappa shape index (κ3) is 7.35. The molecular formula is C30H39ISn. The van der Waals surface area contributed by atoms with E-state index in [2.05, 4.69) is 133 Å². The first kappa shape index (κ1) is 27.4. The van der Waals surface area contributed by atoms with E-state index >= 15 is 0 Å². The molecule has 0 aromatic heterocycles. The Kier molecular flexibility index (Phi) is 9.90. The van der Waals surface area contributed by atoms with Crippen molar-refractivity contribution in [2.75, 3.05) is 0 Å². The summed E-state index contributed by atoms with van der Waals surface area (Å²) in [6.45, 7) is 14.8. The molecule has 2 heteroatoms. The molecule has 0 unspecified atom stereocenters. The summed E-state index contributed by atoms with van der Waals surface area (Å²) in [5.41, 5.74) is 5.16. The van der Waals surface area contributed by atoms with Crippen molar-refractivity contribution in [3.63, 3.8) is 0 Å². The van der Waals surface area contributed by atoms with Crippen molar-refractivity contribution < 1.29 is 24.0 Å². The van der Waals surface area contributed by atoms with Gasteiger partial charge in [-0.3, -0.25) is 0 Å². The molecule has 0 saturated heterocycles. The Morgan fingerprint density at radius 3 is 0.875 bits per heavy atom. The molecule has 3 rings (SSSR count). The van der Waals surface area contributed by atoms with Crippen molar-refractivity contribution in [1.29, 1.82) is 0 Å². The fourth-order valence-electron chi connectivity index (χ4n) is 5.04. The number of benzene rings is 3. The standard InChI is InChI=1S/3C10H13.HI.Sn/c3*1-10(2,3)9-7-5-4-6-8-9;;/h3*4-8H,1H2,2-3H3;1H;/q;;;;+1/p-1. The van der Waals surface area contributed by atoms with E-state index in [9.17, 15) is 0 Å². The van der Waals surface area contributed by atoms with Gasteiger partial charge in [-0.1, -0.05) is 0 Å². The zero-order valence-electron chi connectivity index (χ0n) is 20.7. The van der Waals surface area contributed by atoms with Crippen molar-refractivity contribution in [3.8, 4) is 0 Å². The minimum Gasteiger partial charge on any atom is -1.00 e. The molecule has 0 fully saturated rings. The summed E-state index contributed by atoms with van der Waals surface area (Å²) < 4.78 is 4.14. The molecule has 0 aliphatic rings. The van der Waals surface area contributed by atoms with Gasteiger partial charge in [0.05, 0.1) is 0 Å². The van der Waals surface area contributed by atoms with E-state index < -0.39 is 19.8 Å². The Balaban J connectivity index is 0.00000363. The van der Waals surface area contributed by atoms with Crippen LogP contribution in [0.25, 0.3) is 0 Å². The molecule has 32 heavy (non-hydrogen) atoms. The molecule has 0 spiro atoms. The predicted octanol–water partition coefficient (Wildman–Crippen LogP) is 5.42. The summed E-state index contributed by atoms with van der Waals surface area (Å²) in [7, 11) is 0. The van der Waals surface area contributed by atoms with Gasteiger partial charge in [-0.25, -0.2) is 0 Å². The molecule has 0 saturated carbocycles. The van der Waals surface area contributed by atoms with Crippen molar-refractivity contribution >= 4 is 19.8 Å². The summed E-state index contributed by atoms with van der Waals surface area (Å²) in [6.07, 6.45) is 0. The first-order chi connectivity index (χ1) is 14.6. The van der Waals surface area contributed by atoms with Gasteiger partial charge in [0.15, 0.2) is 0 Å². The first-order valence-corrected chi connectivity index (χ1v) is 17.7. The maximum absolute atomic E-state index is 2.47. The van der Waals surface area contributed by atoms with Crippen LogP contribution in [-0.2, 0) is 16.2 Å². The van der Waals surface area contributed by atoms with Gasteiger partial charge in [0.2, 0.25) is 0 Å². The molecule has 3 aromatic carbocycles. The van der Waals surface area contributed by atoms with Gasteiger partial charge in [0.25, 0.3) is 0 Å². The number of hydrogen-bond donors (Lipinski definition) is 0. The molecule has 0 bridgehead atoms. The van der Waals surface area contributed by atoms with Gasteiger partial charge in [-0.05, 0) is 0 Å². The monoisotopic (exact) mass is 646 g/mol. The summed E-state index contributed by atoms with van der Waals surface area (Å²) in [6, 6.07) is 33.5. The fraction of sp³-hybridized carbons (Fsp3) is 0.400. The van der Waals surface area contributed by atoms with Gasteiger partial charge in [-0.2, -0.15) is 0 Å². The third-order valence-corrected chi connectivity index (χ3v) is 18.6. The predicted molar refractivity (Wildman–Crippen MR) is 139 cm³/mol. The zero-order chi connectivity index (χ0) is 22.5. The molecule has 0 aliphatic heterocycles. The van der Waals surface area contributed by atoms with Crippen molar-refractivity contribution in [1.82, 2.24) is 0 Å². The maximum atomic E-state index is 2.47. The Morgan fingerprint density at radius 2 is 0.656 bits per heavy atom. The normalized spacial score (nSPS) is 12.2. The summed E-state index contributed by atoms with van der Waals surface area (Å²) in [4.78, 5) is 0. The molecule has 0 radical (unpaired) electrons. The van der Waals surface area contributed by atoms with E-state index in [1.165, 1.54) is 30.0 Å². The van der Waals surface area contributed by atoms with E-state index in [1.807, 2.05) is 0 Å². The second-order valence-electron chi connectivity index (χ2n) is 11.0. The molecule has 0 heterocycles. The van der Waals surface area contributed by atoms with Crippen LogP contribution in [0.2, 0.25) is 13.3 Å². The van der Waals surface area contributed by atoms with E-state index in [-0.39, 0.29) is 40.2 Å². The van der Waals surface area contributed by atoms with Crippen LogP contribution in [0.4, 0.5) is 0 Å². The number of hydrogen-bond acceptors (Lipinski definition) is 0. The van der Waals surface area contributed by atoms with Crippen molar-refractivity contribution in [2.24, 2.45) is 0 Å². The fourth-order valence-corrected chi connectivity index (χ4v) is 18.6. The van der Waals surface area contributed by atoms with Crippen LogP contribution in [0.15, 0.2) is 91.0 Å². The van der Waals surface area contributed by atoms with Crippen molar-refractivity contribution in [2.45, 2.75) is 71.1 Å². The quantitative estimate of drug-likeness (QED) is 0.216. The van der Waals surface area contributed by atoms with Gasteiger partial charge in [-0.15, -0.1) is 0 Å². The zero-order valence-corrected chi connectivity index (χ0v) is 25.7. The van der Waals surface area contributed by atoms with Crippen LogP contribution in [0.3, 0.4) is 0 Å². The van der Waals surface area contributed by atoms with Gasteiger partial charge in [0, 0.05) is 0 Å². The number of rotatable bonds is 9. The molecule has 0 atom stereocenters. The summed E-state index contributed by atoms with van der Waals surface area (Å²) in [5.74, 6) is 0. The van der Waals surface area contributed by atoms with Crippen LogP contribution in [0.5, 0.6) is 0 Å². The Bertz CT molecular complexity index is 803. The largest absolute Gasteiger partial charge is 1.00 e. The molecule has 0 amide bonds. The minimum absolute atomic E-state index is 0. The first-order valence-electron chi connectivity index (χ1n) is 11.6. The second kappa shape index (κ2) is 11.6. The van der Waals surface area contributed by atoms with Gasteiger partial charge >= 0.3 is 199 Å². The van der Waals surface area contributed by atoms with Crippen LogP contribution >= 0.6 is 0 Å². The average Bonchev–Trinajstić information content (AvgIpc) is 2.75. The minimum atomic E-state index is -1.84. The van der Waals surface area contributed by atoms with Crippen LogP contribution in [0.1, 0.15) is 58.2 Å². The number of halogens is 1. The summed E-state index contributed by atoms with van der Waals surface area (Å²) in [5, 5.41) is 0. The van der Waals surface area contributed by atoms with E-state index in [0.29, 0.717) is 0 Å². The van der Waals surface area contributed by atoms with E-state index in [1.54, 1.807) is 0 Å². The molecular weight excluding hydrogens is 606 g/mol. The Labute approximate surface area is 221 Å². The summed E-state index contributed by atoms with van der Waals surface area (Å²) >= 11 is -1.84. The molecule has 0 N–H and O–H groups in total. The molecule has 0 aliphatic carbocycles.